The molecule has 100 valence electrons. The molecular formula is C14H19BrO2S. The molecule has 0 spiro atoms. The highest BCUT2D eigenvalue weighted by molar-refractivity contribution is 9.10. The highest BCUT2D eigenvalue weighted by Crippen LogP contribution is 2.27. The molecule has 2 rings (SSSR count). The average molecular weight is 331 g/mol. The van der Waals surface area contributed by atoms with Crippen molar-refractivity contribution in [3.63, 3.8) is 0 Å². The van der Waals surface area contributed by atoms with E-state index in [1.54, 1.807) is 0 Å². The second kappa shape index (κ2) is 8.20. The highest BCUT2D eigenvalue weighted by atomic mass is 79.9. The molecule has 1 saturated heterocycles. The number of hydrogen-bond donors (Lipinski definition) is 0. The molecule has 0 amide bonds. The number of ether oxygens (including phenoxy) is 2. The van der Waals surface area contributed by atoms with Gasteiger partial charge in [0.2, 0.25) is 0 Å². The van der Waals surface area contributed by atoms with Gasteiger partial charge < -0.3 is 9.47 Å². The van der Waals surface area contributed by atoms with Crippen molar-refractivity contribution in [3.05, 3.63) is 28.7 Å². The molecular weight excluding hydrogens is 312 g/mol. The summed E-state index contributed by atoms with van der Waals surface area (Å²) < 4.78 is 12.4. The van der Waals surface area contributed by atoms with Crippen LogP contribution in [0.1, 0.15) is 25.7 Å². The summed E-state index contributed by atoms with van der Waals surface area (Å²) in [5, 5.41) is 0. The summed E-state index contributed by atoms with van der Waals surface area (Å²) >= 11 is 5.42. The van der Waals surface area contributed by atoms with Crippen LogP contribution in [-0.4, -0.2) is 25.3 Å². The zero-order chi connectivity index (χ0) is 12.6. The maximum atomic E-state index is 5.70. The van der Waals surface area contributed by atoms with Gasteiger partial charge in [0.1, 0.15) is 0 Å². The van der Waals surface area contributed by atoms with Crippen LogP contribution in [0.2, 0.25) is 0 Å². The monoisotopic (exact) mass is 330 g/mol. The number of thioether (sulfide) groups is 1. The second-order valence-electron chi connectivity index (χ2n) is 4.30. The molecule has 2 nitrogen and oxygen atoms in total. The molecule has 1 aliphatic heterocycles. The second-order valence-corrected chi connectivity index (χ2v) is 6.29. The summed E-state index contributed by atoms with van der Waals surface area (Å²) in [4.78, 5) is 1.30. The summed E-state index contributed by atoms with van der Waals surface area (Å²) in [6.07, 6.45) is 4.57. The van der Waals surface area contributed by atoms with Crippen molar-refractivity contribution in [2.75, 3.05) is 19.0 Å². The minimum atomic E-state index is 0.0483. The lowest BCUT2D eigenvalue weighted by Gasteiger charge is -2.22. The molecule has 1 aliphatic rings. The molecule has 4 heteroatoms. The van der Waals surface area contributed by atoms with E-state index in [1.807, 2.05) is 17.8 Å². The Morgan fingerprint density at radius 2 is 2.22 bits per heavy atom. The van der Waals surface area contributed by atoms with Crippen LogP contribution >= 0.6 is 27.7 Å². The largest absolute Gasteiger partial charge is 0.353 e. The van der Waals surface area contributed by atoms with Crippen LogP contribution in [-0.2, 0) is 9.47 Å². The third-order valence-electron chi connectivity index (χ3n) is 2.82. The quantitative estimate of drug-likeness (QED) is 0.566. The predicted octanol–water partition coefficient (Wildman–Crippen LogP) is 4.47. The fourth-order valence-corrected chi connectivity index (χ4v) is 3.35. The highest BCUT2D eigenvalue weighted by Gasteiger charge is 2.13. The van der Waals surface area contributed by atoms with Gasteiger partial charge in [0.25, 0.3) is 0 Å². The van der Waals surface area contributed by atoms with E-state index < -0.39 is 0 Å². The molecule has 1 heterocycles. The van der Waals surface area contributed by atoms with Crippen LogP contribution < -0.4 is 0 Å². The molecule has 0 saturated carbocycles. The van der Waals surface area contributed by atoms with E-state index in [0.29, 0.717) is 0 Å². The molecule has 0 radical (unpaired) electrons. The summed E-state index contributed by atoms with van der Waals surface area (Å²) in [6.45, 7) is 1.65. The van der Waals surface area contributed by atoms with Gasteiger partial charge in [-0.15, -0.1) is 11.8 Å². The van der Waals surface area contributed by atoms with Crippen molar-refractivity contribution in [2.45, 2.75) is 36.9 Å². The zero-order valence-electron chi connectivity index (χ0n) is 10.4. The van der Waals surface area contributed by atoms with E-state index in [-0.39, 0.29) is 6.29 Å². The van der Waals surface area contributed by atoms with Crippen molar-refractivity contribution < 1.29 is 9.47 Å². The van der Waals surface area contributed by atoms with Gasteiger partial charge in [-0.3, -0.25) is 0 Å². The third-order valence-corrected chi connectivity index (χ3v) is 4.94. The van der Waals surface area contributed by atoms with Gasteiger partial charge in [-0.25, -0.2) is 0 Å². The van der Waals surface area contributed by atoms with Gasteiger partial charge in [0.05, 0.1) is 6.61 Å². The standard InChI is InChI=1S/C14H19BrO2S/c15-12-6-1-2-7-13(12)18-11-5-10-17-14-8-3-4-9-16-14/h1-2,6-7,14H,3-5,8-11H2. The predicted molar refractivity (Wildman–Crippen MR) is 79.0 cm³/mol. The minimum absolute atomic E-state index is 0.0483. The zero-order valence-corrected chi connectivity index (χ0v) is 12.8. The lowest BCUT2D eigenvalue weighted by molar-refractivity contribution is -0.162. The Morgan fingerprint density at radius 1 is 1.33 bits per heavy atom. The van der Waals surface area contributed by atoms with Crippen molar-refractivity contribution >= 4 is 27.7 Å². The van der Waals surface area contributed by atoms with Crippen LogP contribution in [0.15, 0.2) is 33.6 Å². The van der Waals surface area contributed by atoms with Crippen LogP contribution in [0.3, 0.4) is 0 Å². The lowest BCUT2D eigenvalue weighted by atomic mass is 10.2. The molecule has 0 aliphatic carbocycles. The summed E-state index contributed by atoms with van der Waals surface area (Å²) in [5.74, 6) is 1.08. The van der Waals surface area contributed by atoms with E-state index in [0.717, 1.165) is 31.8 Å². The number of hydrogen-bond acceptors (Lipinski definition) is 3. The first-order valence-corrected chi connectivity index (χ1v) is 8.24. The Labute approximate surface area is 122 Å². The molecule has 1 unspecified atom stereocenters. The van der Waals surface area contributed by atoms with Crippen molar-refractivity contribution in [1.82, 2.24) is 0 Å². The summed E-state index contributed by atoms with van der Waals surface area (Å²) in [6, 6.07) is 8.33. The average Bonchev–Trinajstić information content (AvgIpc) is 2.42. The maximum absolute atomic E-state index is 5.70. The Hall–Kier alpha value is -0.0300. The number of benzene rings is 1. The minimum Gasteiger partial charge on any atom is -0.353 e. The van der Waals surface area contributed by atoms with Gasteiger partial charge in [-0.1, -0.05) is 12.1 Å². The molecule has 1 atom stereocenters. The van der Waals surface area contributed by atoms with Crippen LogP contribution in [0.5, 0.6) is 0 Å². The Kier molecular flexibility index (Phi) is 6.55. The van der Waals surface area contributed by atoms with Gasteiger partial charge in [-0.2, -0.15) is 0 Å². The van der Waals surface area contributed by atoms with Gasteiger partial charge in [0.15, 0.2) is 6.29 Å². The smallest absolute Gasteiger partial charge is 0.157 e. The molecule has 1 fully saturated rings. The van der Waals surface area contributed by atoms with Crippen molar-refractivity contribution in [1.29, 1.82) is 0 Å². The molecule has 0 aromatic heterocycles. The molecule has 0 bridgehead atoms. The van der Waals surface area contributed by atoms with E-state index in [2.05, 4.69) is 34.1 Å². The van der Waals surface area contributed by atoms with E-state index >= 15 is 0 Å². The Bertz CT molecular complexity index is 353. The molecule has 1 aromatic rings. The van der Waals surface area contributed by atoms with Crippen LogP contribution in [0.4, 0.5) is 0 Å². The van der Waals surface area contributed by atoms with Crippen LogP contribution in [0, 0.1) is 0 Å². The first kappa shape index (κ1) is 14.4. The third kappa shape index (κ3) is 4.92. The van der Waals surface area contributed by atoms with E-state index in [1.165, 1.54) is 22.2 Å². The van der Waals surface area contributed by atoms with Crippen molar-refractivity contribution in [3.8, 4) is 0 Å². The maximum Gasteiger partial charge on any atom is 0.157 e. The first-order valence-electron chi connectivity index (χ1n) is 6.47. The van der Waals surface area contributed by atoms with Crippen molar-refractivity contribution in [2.24, 2.45) is 0 Å². The van der Waals surface area contributed by atoms with Crippen LogP contribution in [0.25, 0.3) is 0 Å². The van der Waals surface area contributed by atoms with Gasteiger partial charge in [-0.05, 0) is 53.7 Å². The summed E-state index contributed by atoms with van der Waals surface area (Å²) in [7, 11) is 0. The topological polar surface area (TPSA) is 18.5 Å². The SMILES string of the molecule is Brc1ccccc1SCCCOC1CCCCO1. The molecule has 0 N–H and O–H groups in total. The fraction of sp³-hybridized carbons (Fsp3) is 0.571. The van der Waals surface area contributed by atoms with E-state index in [4.69, 9.17) is 9.47 Å². The lowest BCUT2D eigenvalue weighted by Crippen LogP contribution is -2.22. The summed E-state index contributed by atoms with van der Waals surface area (Å²) in [5.41, 5.74) is 0. The Balaban J connectivity index is 1.57. The molecule has 1 aromatic carbocycles. The van der Waals surface area contributed by atoms with Gasteiger partial charge >= 0.3 is 0 Å². The molecule has 18 heavy (non-hydrogen) atoms. The van der Waals surface area contributed by atoms with Gasteiger partial charge in [0, 0.05) is 21.7 Å². The Morgan fingerprint density at radius 3 is 3.00 bits per heavy atom. The fourth-order valence-electron chi connectivity index (χ4n) is 1.86. The van der Waals surface area contributed by atoms with E-state index in [9.17, 15) is 0 Å². The number of rotatable bonds is 6. The first-order chi connectivity index (χ1) is 8.86. The normalized spacial score (nSPS) is 19.9. The number of halogens is 1.